The molecule has 2 rings (SSSR count). The van der Waals surface area contributed by atoms with E-state index in [4.69, 9.17) is 17.3 Å². The van der Waals surface area contributed by atoms with Gasteiger partial charge in [-0.25, -0.2) is 9.37 Å². The predicted molar refractivity (Wildman–Crippen MR) is 81.3 cm³/mol. The number of nitrogen functional groups attached to an aromatic ring is 1. The van der Waals surface area contributed by atoms with Crippen LogP contribution in [0.3, 0.4) is 0 Å². The van der Waals surface area contributed by atoms with Crippen molar-refractivity contribution >= 4 is 17.4 Å². The molecule has 5 heteroatoms. The molecule has 0 spiro atoms. The number of rotatable bonds is 4. The monoisotopic (exact) mass is 293 g/mol. The molecular weight excluding hydrogens is 277 g/mol. The largest absolute Gasteiger partial charge is 0.383 e. The Balaban J connectivity index is 2.66. The fourth-order valence-corrected chi connectivity index (χ4v) is 2.30. The summed E-state index contributed by atoms with van der Waals surface area (Å²) in [6, 6.07) is 4.81. The Labute approximate surface area is 122 Å². The fourth-order valence-electron chi connectivity index (χ4n) is 2.13. The number of nitrogens with zero attached hydrogens (tertiary/aromatic N) is 2. The molecule has 0 fully saturated rings. The summed E-state index contributed by atoms with van der Waals surface area (Å²) < 4.78 is 16.0. The highest BCUT2D eigenvalue weighted by molar-refractivity contribution is 6.31. The topological polar surface area (TPSA) is 43.8 Å². The van der Waals surface area contributed by atoms with Gasteiger partial charge < -0.3 is 10.3 Å². The predicted octanol–water partition coefficient (Wildman–Crippen LogP) is 4.23. The van der Waals surface area contributed by atoms with E-state index in [-0.39, 0.29) is 10.9 Å². The Morgan fingerprint density at radius 1 is 1.50 bits per heavy atom. The maximum absolute atomic E-state index is 14.1. The Morgan fingerprint density at radius 2 is 2.20 bits per heavy atom. The summed E-state index contributed by atoms with van der Waals surface area (Å²) in [5, 5.41) is 0.0614. The smallest absolute Gasteiger partial charge is 0.151 e. The van der Waals surface area contributed by atoms with E-state index in [2.05, 4.69) is 11.6 Å². The molecule has 0 saturated carbocycles. The van der Waals surface area contributed by atoms with Crippen molar-refractivity contribution in [2.75, 3.05) is 5.73 Å². The van der Waals surface area contributed by atoms with Crippen LogP contribution in [-0.4, -0.2) is 9.55 Å². The number of halogens is 2. The first-order valence-electron chi connectivity index (χ1n) is 6.38. The molecular formula is C15H17ClFN3. The van der Waals surface area contributed by atoms with Crippen LogP contribution in [0.1, 0.15) is 25.6 Å². The van der Waals surface area contributed by atoms with Crippen LogP contribution < -0.4 is 5.73 Å². The summed E-state index contributed by atoms with van der Waals surface area (Å²) >= 11 is 5.82. The maximum atomic E-state index is 14.1. The molecule has 3 nitrogen and oxygen atoms in total. The van der Waals surface area contributed by atoms with Crippen LogP contribution in [0.15, 0.2) is 30.9 Å². The van der Waals surface area contributed by atoms with Crippen LogP contribution in [0.2, 0.25) is 5.02 Å². The highest BCUT2D eigenvalue weighted by Gasteiger charge is 2.20. The number of nitrogens with two attached hydrogens (primary N) is 1. The molecule has 20 heavy (non-hydrogen) atoms. The third kappa shape index (κ3) is 2.43. The molecule has 0 aliphatic heterocycles. The van der Waals surface area contributed by atoms with Gasteiger partial charge in [-0.3, -0.25) is 0 Å². The Hall–Kier alpha value is -1.81. The van der Waals surface area contributed by atoms with Crippen molar-refractivity contribution in [1.29, 1.82) is 0 Å². The number of benzene rings is 1. The molecule has 0 saturated heterocycles. The molecule has 0 amide bonds. The molecule has 0 radical (unpaired) electrons. The van der Waals surface area contributed by atoms with Gasteiger partial charge >= 0.3 is 0 Å². The van der Waals surface area contributed by atoms with Gasteiger partial charge in [0.15, 0.2) is 5.82 Å². The molecule has 0 aliphatic rings. The molecule has 0 bridgehead atoms. The normalized spacial score (nSPS) is 11.1. The number of allylic oxidation sites excluding steroid dienone is 1. The van der Waals surface area contributed by atoms with Gasteiger partial charge in [0, 0.05) is 18.0 Å². The third-order valence-electron chi connectivity index (χ3n) is 3.07. The zero-order valence-electron chi connectivity index (χ0n) is 11.5. The quantitative estimate of drug-likeness (QED) is 0.857. The third-order valence-corrected chi connectivity index (χ3v) is 3.36. The van der Waals surface area contributed by atoms with E-state index in [1.807, 2.05) is 18.4 Å². The zero-order chi connectivity index (χ0) is 14.9. The lowest BCUT2D eigenvalue weighted by molar-refractivity contribution is 0.631. The Kier molecular flexibility index (Phi) is 4.14. The van der Waals surface area contributed by atoms with Gasteiger partial charge in [0.1, 0.15) is 17.3 Å². The Morgan fingerprint density at radius 3 is 2.80 bits per heavy atom. The Bertz CT molecular complexity index is 647. The molecule has 1 heterocycles. The molecule has 1 aromatic carbocycles. The number of anilines is 1. The van der Waals surface area contributed by atoms with E-state index in [0.29, 0.717) is 23.6 Å². The molecule has 2 N–H and O–H groups in total. The van der Waals surface area contributed by atoms with Gasteiger partial charge in [-0.2, -0.15) is 0 Å². The minimum atomic E-state index is -0.501. The van der Waals surface area contributed by atoms with E-state index in [1.54, 1.807) is 18.2 Å². The van der Waals surface area contributed by atoms with Crippen LogP contribution in [0, 0.1) is 5.82 Å². The first-order chi connectivity index (χ1) is 9.47. The molecule has 0 unspecified atom stereocenters. The van der Waals surface area contributed by atoms with Crippen molar-refractivity contribution < 1.29 is 4.39 Å². The molecule has 106 valence electrons. The fraction of sp³-hybridized carbons (Fsp3) is 0.267. The second-order valence-electron chi connectivity index (χ2n) is 4.86. The van der Waals surface area contributed by atoms with Crippen molar-refractivity contribution in [2.45, 2.75) is 26.3 Å². The van der Waals surface area contributed by atoms with Crippen LogP contribution in [-0.2, 0) is 6.54 Å². The van der Waals surface area contributed by atoms with Crippen molar-refractivity contribution in [3.05, 3.63) is 47.5 Å². The second-order valence-corrected chi connectivity index (χ2v) is 5.27. The summed E-state index contributed by atoms with van der Waals surface area (Å²) in [5.41, 5.74) is 6.87. The van der Waals surface area contributed by atoms with Crippen molar-refractivity contribution in [1.82, 2.24) is 9.55 Å². The van der Waals surface area contributed by atoms with Crippen molar-refractivity contribution in [3.8, 4) is 11.3 Å². The second kappa shape index (κ2) is 5.67. The molecule has 0 aliphatic carbocycles. The summed E-state index contributed by atoms with van der Waals surface area (Å²) in [5.74, 6) is 0.902. The average molecular weight is 294 g/mol. The van der Waals surface area contributed by atoms with Gasteiger partial charge in [-0.15, -0.1) is 6.58 Å². The zero-order valence-corrected chi connectivity index (χ0v) is 12.3. The van der Waals surface area contributed by atoms with Crippen molar-refractivity contribution in [3.63, 3.8) is 0 Å². The maximum Gasteiger partial charge on any atom is 0.151 e. The van der Waals surface area contributed by atoms with Gasteiger partial charge in [0.05, 0.1) is 5.02 Å². The average Bonchev–Trinajstić information content (AvgIpc) is 2.72. The van der Waals surface area contributed by atoms with E-state index in [0.717, 1.165) is 5.82 Å². The van der Waals surface area contributed by atoms with Gasteiger partial charge in [-0.1, -0.05) is 37.6 Å². The standard InChI is InChI=1S/C15H17ClFN3/c1-4-8-20-14(18)13(19-15(20)9(2)3)10-6-5-7-11(16)12(10)17/h4-7,9H,1,8,18H2,2-3H3. The number of imidazole rings is 1. The first-order valence-corrected chi connectivity index (χ1v) is 6.76. The highest BCUT2D eigenvalue weighted by atomic mass is 35.5. The van der Waals surface area contributed by atoms with E-state index in [1.165, 1.54) is 6.07 Å². The van der Waals surface area contributed by atoms with Gasteiger partial charge in [-0.05, 0) is 12.1 Å². The number of hydrogen-bond acceptors (Lipinski definition) is 2. The lowest BCUT2D eigenvalue weighted by Gasteiger charge is -2.09. The molecule has 0 atom stereocenters. The van der Waals surface area contributed by atoms with E-state index in [9.17, 15) is 4.39 Å². The van der Waals surface area contributed by atoms with E-state index >= 15 is 0 Å². The SMILES string of the molecule is C=CCn1c(C(C)C)nc(-c2cccc(Cl)c2F)c1N. The van der Waals surface area contributed by atoms with Crippen LogP contribution in [0.4, 0.5) is 10.2 Å². The molecule has 2 aromatic rings. The minimum absolute atomic E-state index is 0.0614. The summed E-state index contributed by atoms with van der Waals surface area (Å²) in [6.07, 6.45) is 1.74. The molecule has 1 aromatic heterocycles. The summed E-state index contributed by atoms with van der Waals surface area (Å²) in [4.78, 5) is 4.49. The summed E-state index contributed by atoms with van der Waals surface area (Å²) in [7, 11) is 0. The number of hydrogen-bond donors (Lipinski definition) is 1. The lowest BCUT2D eigenvalue weighted by atomic mass is 10.1. The van der Waals surface area contributed by atoms with Crippen LogP contribution in [0.25, 0.3) is 11.3 Å². The highest BCUT2D eigenvalue weighted by Crippen LogP contribution is 2.33. The first kappa shape index (κ1) is 14.6. The van der Waals surface area contributed by atoms with Crippen LogP contribution in [0.5, 0.6) is 0 Å². The minimum Gasteiger partial charge on any atom is -0.383 e. The van der Waals surface area contributed by atoms with Crippen LogP contribution >= 0.6 is 11.6 Å². The number of aromatic nitrogens is 2. The van der Waals surface area contributed by atoms with Gasteiger partial charge in [0.2, 0.25) is 0 Å². The van der Waals surface area contributed by atoms with E-state index < -0.39 is 5.82 Å². The van der Waals surface area contributed by atoms with Gasteiger partial charge in [0.25, 0.3) is 0 Å². The lowest BCUT2D eigenvalue weighted by Crippen LogP contribution is -2.07. The van der Waals surface area contributed by atoms with Crippen molar-refractivity contribution in [2.24, 2.45) is 0 Å². The summed E-state index contributed by atoms with van der Waals surface area (Å²) in [6.45, 7) is 8.27.